The van der Waals surface area contributed by atoms with Gasteiger partial charge in [0.05, 0.1) is 19.8 Å². The zero-order valence-corrected chi connectivity index (χ0v) is 11.0. The molecule has 0 unspecified atom stereocenters. The molecule has 0 aliphatic carbocycles. The van der Waals surface area contributed by atoms with Crippen LogP contribution in [-0.4, -0.2) is 61.3 Å². The van der Waals surface area contributed by atoms with E-state index in [1.165, 1.54) is 11.8 Å². The first-order chi connectivity index (χ1) is 9.06. The number of carbonyl (C=O) groups is 3. The van der Waals surface area contributed by atoms with E-state index in [1.807, 2.05) is 5.43 Å². The van der Waals surface area contributed by atoms with Gasteiger partial charge in [-0.1, -0.05) is 0 Å². The minimum absolute atomic E-state index is 0.0232. The summed E-state index contributed by atoms with van der Waals surface area (Å²) in [6.45, 7) is 4.81. The van der Waals surface area contributed by atoms with Crippen LogP contribution in [-0.2, 0) is 23.9 Å². The van der Waals surface area contributed by atoms with Crippen LogP contribution in [0.1, 0.15) is 13.8 Å². The van der Waals surface area contributed by atoms with Crippen LogP contribution < -0.4 is 5.43 Å². The fourth-order valence-electron chi connectivity index (χ4n) is 1.37. The predicted octanol–water partition coefficient (Wildman–Crippen LogP) is -1.10. The third-order valence-electron chi connectivity index (χ3n) is 2.39. The van der Waals surface area contributed by atoms with Crippen molar-refractivity contribution in [2.45, 2.75) is 13.8 Å². The fraction of sp³-hybridized carbons (Fsp3) is 0.636. The maximum atomic E-state index is 11.7. The highest BCUT2D eigenvalue weighted by Crippen LogP contribution is 1.97. The molecule has 0 atom stereocenters. The van der Waals surface area contributed by atoms with E-state index in [1.54, 1.807) is 6.92 Å². The molecule has 0 spiro atoms. The van der Waals surface area contributed by atoms with Crippen LogP contribution in [0, 0.1) is 0 Å². The van der Waals surface area contributed by atoms with Crippen LogP contribution in [0.25, 0.3) is 0 Å². The molecule has 1 saturated heterocycles. The number of esters is 1. The lowest BCUT2D eigenvalue weighted by Gasteiger charge is -2.25. The van der Waals surface area contributed by atoms with Gasteiger partial charge >= 0.3 is 17.8 Å². The molecule has 0 bridgehead atoms. The Labute approximate surface area is 110 Å². The maximum Gasteiger partial charge on any atom is 0.354 e. The summed E-state index contributed by atoms with van der Waals surface area (Å²) < 4.78 is 9.75. The van der Waals surface area contributed by atoms with Gasteiger partial charge in [-0.2, -0.15) is 5.10 Å². The molecular formula is C11H17N3O5. The highest BCUT2D eigenvalue weighted by Gasteiger charge is 2.23. The highest BCUT2D eigenvalue weighted by atomic mass is 16.5. The standard InChI is InChI=1S/C11H17N3O5/c1-3-19-11(17)8(2)12-13-9(15)10(16)14-4-6-18-7-5-14/h3-7H2,1-2H3,(H,13,15)/b12-8-. The van der Waals surface area contributed by atoms with Gasteiger partial charge in [0.1, 0.15) is 5.71 Å². The fourth-order valence-corrected chi connectivity index (χ4v) is 1.37. The summed E-state index contributed by atoms with van der Waals surface area (Å²) in [6, 6.07) is 0. The third-order valence-corrected chi connectivity index (χ3v) is 2.39. The van der Waals surface area contributed by atoms with Crippen LogP contribution in [0.15, 0.2) is 5.10 Å². The first-order valence-electron chi connectivity index (χ1n) is 5.94. The topological polar surface area (TPSA) is 97.3 Å². The second kappa shape index (κ2) is 7.47. The monoisotopic (exact) mass is 271 g/mol. The number of ether oxygens (including phenoxy) is 2. The Bertz CT molecular complexity index is 388. The van der Waals surface area contributed by atoms with Crippen molar-refractivity contribution in [2.24, 2.45) is 5.10 Å². The summed E-state index contributed by atoms with van der Waals surface area (Å²) in [7, 11) is 0. The van der Waals surface area contributed by atoms with E-state index >= 15 is 0 Å². The lowest BCUT2D eigenvalue weighted by molar-refractivity contribution is -0.148. The Balaban J connectivity index is 2.47. The predicted molar refractivity (Wildman–Crippen MR) is 65.3 cm³/mol. The van der Waals surface area contributed by atoms with Gasteiger partial charge < -0.3 is 14.4 Å². The van der Waals surface area contributed by atoms with Crippen LogP contribution in [0.3, 0.4) is 0 Å². The molecule has 8 nitrogen and oxygen atoms in total. The number of hydrogen-bond acceptors (Lipinski definition) is 6. The molecule has 2 amide bonds. The van der Waals surface area contributed by atoms with Crippen molar-refractivity contribution in [2.75, 3.05) is 32.9 Å². The van der Waals surface area contributed by atoms with Crippen LogP contribution in [0.2, 0.25) is 0 Å². The molecule has 19 heavy (non-hydrogen) atoms. The number of rotatable bonds is 3. The summed E-state index contributed by atoms with van der Waals surface area (Å²) in [5.74, 6) is -2.21. The van der Waals surface area contributed by atoms with E-state index in [9.17, 15) is 14.4 Å². The Kier molecular flexibility index (Phi) is 5.94. The van der Waals surface area contributed by atoms with Crippen molar-refractivity contribution in [1.82, 2.24) is 10.3 Å². The van der Waals surface area contributed by atoms with E-state index in [-0.39, 0.29) is 12.3 Å². The zero-order chi connectivity index (χ0) is 14.3. The summed E-state index contributed by atoms with van der Waals surface area (Å²) in [5, 5.41) is 3.52. The molecule has 0 aromatic rings. The Morgan fingerprint density at radius 1 is 1.32 bits per heavy atom. The van der Waals surface area contributed by atoms with Crippen LogP contribution in [0.5, 0.6) is 0 Å². The van der Waals surface area contributed by atoms with Crippen molar-refractivity contribution >= 4 is 23.5 Å². The number of hydrogen-bond donors (Lipinski definition) is 1. The molecule has 1 aliphatic rings. The molecule has 8 heteroatoms. The summed E-state index contributed by atoms with van der Waals surface area (Å²) in [4.78, 5) is 35.8. The molecule has 0 saturated carbocycles. The number of nitrogens with one attached hydrogen (secondary N) is 1. The van der Waals surface area contributed by atoms with E-state index < -0.39 is 17.8 Å². The van der Waals surface area contributed by atoms with Crippen molar-refractivity contribution in [3.8, 4) is 0 Å². The second-order valence-electron chi connectivity index (χ2n) is 3.76. The van der Waals surface area contributed by atoms with Crippen molar-refractivity contribution in [3.05, 3.63) is 0 Å². The van der Waals surface area contributed by atoms with Gasteiger partial charge in [-0.3, -0.25) is 9.59 Å². The molecule has 0 aromatic heterocycles. The third kappa shape index (κ3) is 4.66. The Morgan fingerprint density at radius 3 is 2.53 bits per heavy atom. The Hall–Kier alpha value is -1.96. The molecule has 0 radical (unpaired) electrons. The van der Waals surface area contributed by atoms with Gasteiger partial charge in [0.2, 0.25) is 0 Å². The molecule has 1 aliphatic heterocycles. The summed E-state index contributed by atoms with van der Waals surface area (Å²) >= 11 is 0. The quantitative estimate of drug-likeness (QED) is 0.304. The van der Waals surface area contributed by atoms with Gasteiger partial charge in [0.25, 0.3) is 0 Å². The largest absolute Gasteiger partial charge is 0.461 e. The number of hydrazone groups is 1. The molecule has 1 heterocycles. The molecule has 1 N–H and O–H groups in total. The average molecular weight is 271 g/mol. The molecule has 0 aromatic carbocycles. The van der Waals surface area contributed by atoms with Gasteiger partial charge in [0, 0.05) is 13.1 Å². The molecule has 1 fully saturated rings. The van der Waals surface area contributed by atoms with E-state index in [4.69, 9.17) is 4.74 Å². The smallest absolute Gasteiger partial charge is 0.354 e. The van der Waals surface area contributed by atoms with Crippen molar-refractivity contribution in [3.63, 3.8) is 0 Å². The highest BCUT2D eigenvalue weighted by molar-refractivity contribution is 6.37. The Morgan fingerprint density at radius 2 is 1.95 bits per heavy atom. The first kappa shape index (κ1) is 15.1. The number of carbonyl (C=O) groups excluding carboxylic acids is 3. The molecule has 106 valence electrons. The minimum atomic E-state index is -0.884. The lowest BCUT2D eigenvalue weighted by Crippen LogP contribution is -2.47. The second-order valence-corrected chi connectivity index (χ2v) is 3.76. The van der Waals surface area contributed by atoms with E-state index in [0.717, 1.165) is 0 Å². The molecule has 1 rings (SSSR count). The SMILES string of the molecule is CCOC(=O)/C(C)=N\NC(=O)C(=O)N1CCOCC1. The van der Waals surface area contributed by atoms with Crippen molar-refractivity contribution < 1.29 is 23.9 Å². The van der Waals surface area contributed by atoms with E-state index in [2.05, 4.69) is 9.84 Å². The van der Waals surface area contributed by atoms with Crippen LogP contribution in [0.4, 0.5) is 0 Å². The lowest BCUT2D eigenvalue weighted by atomic mass is 10.4. The first-order valence-corrected chi connectivity index (χ1v) is 5.94. The number of nitrogens with zero attached hydrogens (tertiary/aromatic N) is 2. The van der Waals surface area contributed by atoms with Gasteiger partial charge in [-0.25, -0.2) is 10.2 Å². The van der Waals surface area contributed by atoms with Crippen LogP contribution >= 0.6 is 0 Å². The number of morpholine rings is 1. The van der Waals surface area contributed by atoms with Gasteiger partial charge in [-0.15, -0.1) is 0 Å². The van der Waals surface area contributed by atoms with Crippen molar-refractivity contribution in [1.29, 1.82) is 0 Å². The zero-order valence-electron chi connectivity index (χ0n) is 11.0. The summed E-state index contributed by atoms with van der Waals surface area (Å²) in [6.07, 6.45) is 0. The molecular weight excluding hydrogens is 254 g/mol. The van der Waals surface area contributed by atoms with Gasteiger partial charge in [-0.05, 0) is 13.8 Å². The van der Waals surface area contributed by atoms with Gasteiger partial charge in [0.15, 0.2) is 0 Å². The summed E-state index contributed by atoms with van der Waals surface area (Å²) in [5.41, 5.74) is 2.01. The number of amides is 2. The minimum Gasteiger partial charge on any atom is -0.461 e. The maximum absolute atomic E-state index is 11.7. The van der Waals surface area contributed by atoms with E-state index in [0.29, 0.717) is 26.3 Å². The average Bonchev–Trinajstić information content (AvgIpc) is 2.44. The normalized spacial score (nSPS) is 15.9.